The molecule has 0 aromatic carbocycles. The minimum Gasteiger partial charge on any atom is -0.349 e. The number of azide groups is 1. The largest absolute Gasteiger partial charge is 0.475 e. The molecule has 2 saturated heterocycles. The lowest BCUT2D eigenvalue weighted by molar-refractivity contribution is -0.0800. The molecule has 146 valence electrons. The van der Waals surface area contributed by atoms with Crippen LogP contribution in [-0.4, -0.2) is 40.0 Å². The van der Waals surface area contributed by atoms with Gasteiger partial charge in [0, 0.05) is 17.2 Å². The number of aromatic amines is 1. The van der Waals surface area contributed by atoms with Gasteiger partial charge >= 0.3 is 13.5 Å². The van der Waals surface area contributed by atoms with Crippen LogP contribution in [0.25, 0.3) is 10.4 Å². The van der Waals surface area contributed by atoms with Crippen molar-refractivity contribution in [2.45, 2.75) is 56.3 Å². The molecule has 1 aromatic heterocycles. The second-order valence-corrected chi connectivity index (χ2v) is 8.46. The molecule has 27 heavy (non-hydrogen) atoms. The number of nitrogens with zero attached hydrogens (tertiary/aromatic N) is 4. The van der Waals surface area contributed by atoms with Gasteiger partial charge in [-0.05, 0) is 31.7 Å². The monoisotopic (exact) mass is 399 g/mol. The molecule has 13 heteroatoms. The SMILES string of the molecule is C[C@]1(N=[N+]=[N-])C(n2ccc(=O)[nH]c2=O)O[C@@H]2CO[P@@](=O)(OC3CCC3)O[C@@H]21. The number of nitrogens with one attached hydrogen (secondary N) is 1. The zero-order valence-corrected chi connectivity index (χ0v) is 15.3. The molecule has 3 aliphatic rings. The molecule has 2 aliphatic heterocycles. The van der Waals surface area contributed by atoms with Gasteiger partial charge in [-0.3, -0.25) is 27.9 Å². The first-order valence-electron chi connectivity index (χ1n) is 8.49. The number of aromatic nitrogens is 2. The molecule has 1 aromatic rings. The molecule has 4 rings (SSSR count). The van der Waals surface area contributed by atoms with Gasteiger partial charge in [0.25, 0.3) is 5.56 Å². The number of hydrogen-bond donors (Lipinski definition) is 1. The summed E-state index contributed by atoms with van der Waals surface area (Å²) in [4.78, 5) is 28.5. The van der Waals surface area contributed by atoms with E-state index in [1.807, 2.05) is 0 Å². The van der Waals surface area contributed by atoms with Crippen molar-refractivity contribution in [1.29, 1.82) is 0 Å². The molecule has 0 radical (unpaired) electrons. The summed E-state index contributed by atoms with van der Waals surface area (Å²) in [5.74, 6) is 0. The molecule has 1 aliphatic carbocycles. The number of phosphoric ester groups is 1. The van der Waals surface area contributed by atoms with E-state index in [0.717, 1.165) is 29.9 Å². The van der Waals surface area contributed by atoms with E-state index in [2.05, 4.69) is 15.0 Å². The Morgan fingerprint density at radius 1 is 1.48 bits per heavy atom. The van der Waals surface area contributed by atoms with Gasteiger partial charge in [0.1, 0.15) is 17.7 Å². The second kappa shape index (κ2) is 6.59. The Morgan fingerprint density at radius 2 is 2.26 bits per heavy atom. The van der Waals surface area contributed by atoms with E-state index >= 15 is 0 Å². The third-order valence-corrected chi connectivity index (χ3v) is 6.56. The maximum atomic E-state index is 12.9. The van der Waals surface area contributed by atoms with Crippen LogP contribution in [0, 0.1) is 0 Å². The summed E-state index contributed by atoms with van der Waals surface area (Å²) in [5, 5.41) is 3.79. The van der Waals surface area contributed by atoms with Crippen LogP contribution in [0.4, 0.5) is 0 Å². The van der Waals surface area contributed by atoms with Crippen molar-refractivity contribution in [2.24, 2.45) is 5.11 Å². The number of fused-ring (bicyclic) bond motifs is 1. The van der Waals surface area contributed by atoms with Crippen LogP contribution in [-0.2, 0) is 22.9 Å². The summed E-state index contributed by atoms with van der Waals surface area (Å²) in [6.45, 7) is 1.42. The summed E-state index contributed by atoms with van der Waals surface area (Å²) in [7, 11) is -3.85. The van der Waals surface area contributed by atoms with E-state index < -0.39 is 43.0 Å². The first-order chi connectivity index (χ1) is 12.8. The van der Waals surface area contributed by atoms with Crippen molar-refractivity contribution in [2.75, 3.05) is 6.61 Å². The van der Waals surface area contributed by atoms with E-state index in [4.69, 9.17) is 23.8 Å². The maximum absolute atomic E-state index is 12.9. The van der Waals surface area contributed by atoms with Gasteiger partial charge < -0.3 is 4.74 Å². The van der Waals surface area contributed by atoms with Crippen LogP contribution in [0.15, 0.2) is 27.0 Å². The van der Waals surface area contributed by atoms with Gasteiger partial charge in [0.05, 0.1) is 12.7 Å². The highest BCUT2D eigenvalue weighted by molar-refractivity contribution is 7.48. The Labute approximate surface area is 152 Å². The minimum absolute atomic E-state index is 0.111. The number of ether oxygens (including phenoxy) is 1. The molecule has 5 atom stereocenters. The van der Waals surface area contributed by atoms with E-state index in [9.17, 15) is 14.2 Å². The highest BCUT2D eigenvalue weighted by atomic mass is 31.2. The van der Waals surface area contributed by atoms with Gasteiger partial charge in [0.15, 0.2) is 6.23 Å². The molecule has 3 heterocycles. The third-order valence-electron chi connectivity index (χ3n) is 5.05. The molecule has 12 nitrogen and oxygen atoms in total. The zero-order chi connectivity index (χ0) is 19.2. The van der Waals surface area contributed by atoms with Crippen LogP contribution in [0.3, 0.4) is 0 Å². The van der Waals surface area contributed by atoms with Crippen molar-refractivity contribution < 1.29 is 22.9 Å². The number of rotatable bonds is 4. The minimum atomic E-state index is -3.85. The Hall–Kier alpha value is -1.94. The Bertz CT molecular complexity index is 952. The van der Waals surface area contributed by atoms with Crippen LogP contribution in [0.5, 0.6) is 0 Å². The smallest absolute Gasteiger partial charge is 0.349 e. The second-order valence-electron chi connectivity index (χ2n) is 6.89. The maximum Gasteiger partial charge on any atom is 0.475 e. The molecule has 0 bridgehead atoms. The van der Waals surface area contributed by atoms with Crippen molar-refractivity contribution in [3.8, 4) is 0 Å². The average molecular weight is 399 g/mol. The van der Waals surface area contributed by atoms with E-state index in [-0.39, 0.29) is 12.7 Å². The summed E-state index contributed by atoms with van der Waals surface area (Å²) < 4.78 is 36.2. The molecular formula is C14H18N5O7P. The molecule has 3 fully saturated rings. The highest BCUT2D eigenvalue weighted by Crippen LogP contribution is 2.61. The average Bonchev–Trinajstić information content (AvgIpc) is 2.84. The molecule has 0 spiro atoms. The predicted molar refractivity (Wildman–Crippen MR) is 89.9 cm³/mol. The standard InChI is InChI=1S/C14H18N5O7P/c1-14(17-18-15)11-9(7-23-27(22,26-11)25-8-3-2-4-8)24-12(14)19-6-5-10(20)16-13(19)21/h5-6,8-9,11-12H,2-4,7H2,1H3,(H,16,20,21)/t9-,11+,12?,14-,27+/m1/s1. The normalized spacial score (nSPS) is 38.6. The molecule has 1 saturated carbocycles. The topological polar surface area (TPSA) is 158 Å². The van der Waals surface area contributed by atoms with Gasteiger partial charge in [-0.15, -0.1) is 0 Å². The Balaban J connectivity index is 1.68. The Morgan fingerprint density at radius 3 is 2.89 bits per heavy atom. The summed E-state index contributed by atoms with van der Waals surface area (Å²) in [5.41, 5.74) is 6.32. The van der Waals surface area contributed by atoms with E-state index in [1.54, 1.807) is 0 Å². The van der Waals surface area contributed by atoms with Gasteiger partial charge in [0.2, 0.25) is 0 Å². The number of hydrogen-bond acceptors (Lipinski definition) is 8. The van der Waals surface area contributed by atoms with Crippen LogP contribution in [0.2, 0.25) is 0 Å². The quantitative estimate of drug-likeness (QED) is 0.348. The predicted octanol–water partition coefficient (Wildman–Crippen LogP) is 1.60. The van der Waals surface area contributed by atoms with Crippen molar-refractivity contribution in [3.05, 3.63) is 43.5 Å². The third kappa shape index (κ3) is 3.14. The fourth-order valence-electron chi connectivity index (χ4n) is 3.40. The van der Waals surface area contributed by atoms with Gasteiger partial charge in [-0.25, -0.2) is 9.36 Å². The first kappa shape index (κ1) is 18.4. The van der Waals surface area contributed by atoms with Crippen molar-refractivity contribution >= 4 is 7.82 Å². The molecule has 0 amide bonds. The fourth-order valence-corrected chi connectivity index (χ4v) is 5.11. The van der Waals surface area contributed by atoms with Crippen LogP contribution >= 0.6 is 7.82 Å². The van der Waals surface area contributed by atoms with Crippen LogP contribution in [0.1, 0.15) is 32.4 Å². The van der Waals surface area contributed by atoms with Crippen molar-refractivity contribution in [3.63, 3.8) is 0 Å². The summed E-state index contributed by atoms with van der Waals surface area (Å²) >= 11 is 0. The highest BCUT2D eigenvalue weighted by Gasteiger charge is 2.61. The van der Waals surface area contributed by atoms with Gasteiger partial charge in [-0.1, -0.05) is 5.11 Å². The molecule has 1 N–H and O–H groups in total. The van der Waals surface area contributed by atoms with Crippen molar-refractivity contribution in [1.82, 2.24) is 9.55 Å². The van der Waals surface area contributed by atoms with E-state index in [0.29, 0.717) is 0 Å². The number of phosphoric acid groups is 1. The molecular weight excluding hydrogens is 381 g/mol. The van der Waals surface area contributed by atoms with Crippen LogP contribution < -0.4 is 11.2 Å². The van der Waals surface area contributed by atoms with Gasteiger partial charge in [-0.2, -0.15) is 0 Å². The summed E-state index contributed by atoms with van der Waals surface area (Å²) in [6.07, 6.45) is 0.764. The lowest BCUT2D eigenvalue weighted by atomic mass is 9.93. The lowest BCUT2D eigenvalue weighted by Gasteiger charge is -2.37. The lowest BCUT2D eigenvalue weighted by Crippen LogP contribution is -2.48. The zero-order valence-electron chi connectivity index (χ0n) is 14.4. The molecule has 1 unspecified atom stereocenters. The number of H-pyrrole nitrogens is 1. The fraction of sp³-hybridized carbons (Fsp3) is 0.714. The first-order valence-corrected chi connectivity index (χ1v) is 9.95. The summed E-state index contributed by atoms with van der Waals surface area (Å²) in [6, 6.07) is 1.14. The van der Waals surface area contributed by atoms with E-state index in [1.165, 1.54) is 13.1 Å². The Kier molecular flexibility index (Phi) is 4.50.